The lowest BCUT2D eigenvalue weighted by atomic mass is 9.90. The van der Waals surface area contributed by atoms with Gasteiger partial charge < -0.3 is 4.18 Å². The zero-order chi connectivity index (χ0) is 23.9. The Hall–Kier alpha value is -3.39. The fraction of sp³-hybridized carbons (Fsp3) is 0.192. The number of halogens is 3. The van der Waals surface area contributed by atoms with Crippen molar-refractivity contribution in [3.05, 3.63) is 84.6 Å². The predicted molar refractivity (Wildman–Crippen MR) is 126 cm³/mol. The van der Waals surface area contributed by atoms with Crippen molar-refractivity contribution in [1.29, 1.82) is 0 Å². The number of rotatable bonds is 4. The minimum Gasteiger partial charge on any atom is -0.375 e. The average molecular weight is 484 g/mol. The summed E-state index contributed by atoms with van der Waals surface area (Å²) in [5.74, 6) is -0.347. The van der Waals surface area contributed by atoms with Gasteiger partial charge in [0.25, 0.3) is 0 Å². The zero-order valence-corrected chi connectivity index (χ0v) is 18.7. The predicted octanol–water partition coefficient (Wildman–Crippen LogP) is 7.11. The van der Waals surface area contributed by atoms with Gasteiger partial charge in [0.2, 0.25) is 0 Å². The number of alkyl halides is 3. The maximum absolute atomic E-state index is 13.2. The van der Waals surface area contributed by atoms with Crippen LogP contribution in [0.3, 0.4) is 0 Å². The third-order valence-corrected chi connectivity index (χ3v) is 6.97. The van der Waals surface area contributed by atoms with Crippen LogP contribution in [-0.2, 0) is 10.1 Å². The van der Waals surface area contributed by atoms with Crippen molar-refractivity contribution < 1.29 is 25.8 Å². The molecule has 3 aromatic carbocycles. The molecule has 1 aliphatic carbocycles. The van der Waals surface area contributed by atoms with Gasteiger partial charge in [-0.1, -0.05) is 66.7 Å². The SMILES string of the molecule is O=S(=O)(Oc1ccc2ccccc2c1-c1nc(C2C=CCCC2)cc2ccccc12)C(F)(F)F. The molecule has 34 heavy (non-hydrogen) atoms. The molecule has 1 unspecified atom stereocenters. The van der Waals surface area contributed by atoms with Crippen molar-refractivity contribution in [2.75, 3.05) is 0 Å². The topological polar surface area (TPSA) is 56.3 Å². The largest absolute Gasteiger partial charge is 0.534 e. The third-order valence-electron chi connectivity index (χ3n) is 6.00. The molecule has 0 saturated heterocycles. The van der Waals surface area contributed by atoms with Gasteiger partial charge in [-0.15, -0.1) is 0 Å². The van der Waals surface area contributed by atoms with Crippen molar-refractivity contribution in [2.24, 2.45) is 0 Å². The number of benzene rings is 3. The average Bonchev–Trinajstić information content (AvgIpc) is 2.83. The molecule has 1 aromatic heterocycles. The lowest BCUT2D eigenvalue weighted by molar-refractivity contribution is -0.0499. The molecule has 8 heteroatoms. The lowest BCUT2D eigenvalue weighted by Crippen LogP contribution is -2.28. The fourth-order valence-electron chi connectivity index (χ4n) is 4.39. The summed E-state index contributed by atoms with van der Waals surface area (Å²) in [6.45, 7) is 0. The van der Waals surface area contributed by atoms with Crippen LogP contribution < -0.4 is 4.18 Å². The number of aromatic nitrogens is 1. The Balaban J connectivity index is 1.82. The van der Waals surface area contributed by atoms with Crippen LogP contribution in [0.2, 0.25) is 0 Å². The van der Waals surface area contributed by atoms with Crippen molar-refractivity contribution in [3.8, 4) is 17.0 Å². The Bertz CT molecular complexity index is 1530. The van der Waals surface area contributed by atoms with Gasteiger partial charge in [-0.2, -0.15) is 21.6 Å². The smallest absolute Gasteiger partial charge is 0.375 e. The first-order valence-electron chi connectivity index (χ1n) is 10.8. The summed E-state index contributed by atoms with van der Waals surface area (Å²) in [6, 6.07) is 19.3. The summed E-state index contributed by atoms with van der Waals surface area (Å²) in [5, 5.41) is 2.82. The molecule has 4 aromatic rings. The second kappa shape index (κ2) is 8.43. The molecule has 1 atom stereocenters. The van der Waals surface area contributed by atoms with E-state index in [0.717, 1.165) is 35.7 Å². The Morgan fingerprint density at radius 1 is 0.912 bits per heavy atom. The Kier molecular flexibility index (Phi) is 5.56. The molecule has 0 bridgehead atoms. The van der Waals surface area contributed by atoms with E-state index in [0.29, 0.717) is 16.5 Å². The molecule has 0 saturated carbocycles. The molecule has 4 nitrogen and oxygen atoms in total. The van der Waals surface area contributed by atoms with E-state index < -0.39 is 21.4 Å². The van der Waals surface area contributed by atoms with E-state index in [-0.39, 0.29) is 11.5 Å². The first-order valence-corrected chi connectivity index (χ1v) is 12.2. The summed E-state index contributed by atoms with van der Waals surface area (Å²) in [7, 11) is -5.87. The van der Waals surface area contributed by atoms with E-state index in [4.69, 9.17) is 4.98 Å². The molecule has 0 radical (unpaired) electrons. The molecule has 0 N–H and O–H groups in total. The van der Waals surface area contributed by atoms with Crippen LogP contribution >= 0.6 is 0 Å². The minimum absolute atomic E-state index is 0.0651. The summed E-state index contributed by atoms with van der Waals surface area (Å²) < 4.78 is 68.1. The van der Waals surface area contributed by atoms with Crippen LogP contribution in [0, 0.1) is 0 Å². The molecular formula is C26H20F3NO3S. The van der Waals surface area contributed by atoms with Gasteiger partial charge in [-0.25, -0.2) is 0 Å². The maximum Gasteiger partial charge on any atom is 0.534 e. The van der Waals surface area contributed by atoms with Gasteiger partial charge in [-0.05, 0) is 47.6 Å². The zero-order valence-electron chi connectivity index (χ0n) is 17.9. The van der Waals surface area contributed by atoms with Gasteiger partial charge in [0, 0.05) is 17.0 Å². The first-order chi connectivity index (χ1) is 16.2. The quantitative estimate of drug-likeness (QED) is 0.176. The monoisotopic (exact) mass is 483 g/mol. The van der Waals surface area contributed by atoms with Crippen molar-refractivity contribution in [2.45, 2.75) is 30.7 Å². The van der Waals surface area contributed by atoms with Gasteiger partial charge in [0.1, 0.15) is 0 Å². The number of pyridine rings is 1. The Morgan fingerprint density at radius 3 is 2.32 bits per heavy atom. The molecule has 5 rings (SSSR count). The molecular weight excluding hydrogens is 463 g/mol. The van der Waals surface area contributed by atoms with E-state index >= 15 is 0 Å². The molecule has 1 aliphatic rings. The summed E-state index contributed by atoms with van der Waals surface area (Å²) >= 11 is 0. The van der Waals surface area contributed by atoms with Crippen molar-refractivity contribution in [3.63, 3.8) is 0 Å². The second-order valence-electron chi connectivity index (χ2n) is 8.23. The molecule has 0 aliphatic heterocycles. The highest BCUT2D eigenvalue weighted by molar-refractivity contribution is 7.88. The van der Waals surface area contributed by atoms with E-state index in [9.17, 15) is 21.6 Å². The van der Waals surface area contributed by atoms with Crippen LogP contribution in [0.1, 0.15) is 30.9 Å². The molecule has 0 amide bonds. The van der Waals surface area contributed by atoms with E-state index in [1.807, 2.05) is 30.3 Å². The van der Waals surface area contributed by atoms with Gasteiger partial charge in [0.15, 0.2) is 5.75 Å². The highest BCUT2D eigenvalue weighted by atomic mass is 32.2. The first kappa shape index (κ1) is 22.4. The highest BCUT2D eigenvalue weighted by Crippen LogP contribution is 2.42. The summed E-state index contributed by atoms with van der Waals surface area (Å²) in [6.07, 6.45) is 7.11. The molecule has 0 spiro atoms. The number of hydrogen-bond donors (Lipinski definition) is 0. The van der Waals surface area contributed by atoms with Crippen LogP contribution in [-0.4, -0.2) is 18.9 Å². The summed E-state index contributed by atoms with van der Waals surface area (Å²) in [5.41, 5.74) is -4.18. The van der Waals surface area contributed by atoms with Crippen molar-refractivity contribution in [1.82, 2.24) is 4.98 Å². The second-order valence-corrected chi connectivity index (χ2v) is 9.76. The minimum atomic E-state index is -5.87. The Morgan fingerprint density at radius 2 is 1.62 bits per heavy atom. The maximum atomic E-state index is 13.2. The van der Waals surface area contributed by atoms with Crippen LogP contribution in [0.5, 0.6) is 5.75 Å². The van der Waals surface area contributed by atoms with Gasteiger partial charge >= 0.3 is 15.6 Å². The van der Waals surface area contributed by atoms with E-state index in [2.05, 4.69) is 16.3 Å². The molecule has 174 valence electrons. The standard InChI is InChI=1S/C26H20F3NO3S/c27-26(28,29)34(31,32)33-23-15-14-17-8-4-6-12-20(17)24(23)25-21-13-7-5-11-19(21)16-22(30-25)18-9-2-1-3-10-18/h2,4-9,11-16,18H,1,3,10H2. The lowest BCUT2D eigenvalue weighted by Gasteiger charge is -2.20. The highest BCUT2D eigenvalue weighted by Gasteiger charge is 2.49. The van der Waals surface area contributed by atoms with Crippen LogP contribution in [0.4, 0.5) is 13.2 Å². The summed E-state index contributed by atoms with van der Waals surface area (Å²) in [4.78, 5) is 4.89. The van der Waals surface area contributed by atoms with E-state index in [1.165, 1.54) is 12.1 Å². The van der Waals surface area contributed by atoms with Gasteiger partial charge in [-0.3, -0.25) is 4.98 Å². The van der Waals surface area contributed by atoms with E-state index in [1.54, 1.807) is 24.3 Å². The normalized spacial score (nSPS) is 16.7. The third kappa shape index (κ3) is 4.03. The number of fused-ring (bicyclic) bond motifs is 2. The number of hydrogen-bond acceptors (Lipinski definition) is 4. The fourth-order valence-corrected chi connectivity index (χ4v) is 4.86. The Labute approximate surface area is 194 Å². The van der Waals surface area contributed by atoms with Crippen LogP contribution in [0.15, 0.2) is 78.9 Å². The molecule has 0 fully saturated rings. The number of nitrogens with zero attached hydrogens (tertiary/aromatic N) is 1. The van der Waals surface area contributed by atoms with Crippen molar-refractivity contribution >= 4 is 31.7 Å². The molecule has 1 heterocycles. The van der Waals surface area contributed by atoms with Crippen LogP contribution in [0.25, 0.3) is 32.8 Å². The van der Waals surface area contributed by atoms with Gasteiger partial charge in [0.05, 0.1) is 11.3 Å². The number of allylic oxidation sites excluding steroid dienone is 2.